The summed E-state index contributed by atoms with van der Waals surface area (Å²) in [7, 11) is 1.62. The molecule has 0 aliphatic rings. The molecule has 1 amide bonds. The number of hydrogen-bond donors (Lipinski definition) is 1. The van der Waals surface area contributed by atoms with Crippen molar-refractivity contribution in [1.29, 1.82) is 0 Å². The van der Waals surface area contributed by atoms with Gasteiger partial charge in [0, 0.05) is 0 Å². The predicted molar refractivity (Wildman–Crippen MR) is 103 cm³/mol. The fraction of sp³-hybridized carbons (Fsp3) is 0.190. The highest BCUT2D eigenvalue weighted by Gasteiger charge is 2.21. The van der Waals surface area contributed by atoms with Crippen molar-refractivity contribution in [3.8, 4) is 17.2 Å². The second-order valence-corrected chi connectivity index (χ2v) is 6.45. The molecule has 1 N–H and O–H groups in total. The van der Waals surface area contributed by atoms with Crippen molar-refractivity contribution in [3.05, 3.63) is 65.5 Å². The molecular formula is C21H19N3O4. The van der Waals surface area contributed by atoms with Crippen LogP contribution in [0.25, 0.3) is 22.6 Å². The Balaban J connectivity index is 1.68. The maximum atomic E-state index is 13.1. The number of benzene rings is 1. The Hall–Kier alpha value is -3.61. The quantitative estimate of drug-likeness (QED) is 0.558. The van der Waals surface area contributed by atoms with Crippen molar-refractivity contribution in [2.45, 2.75) is 19.9 Å². The maximum absolute atomic E-state index is 13.1. The first-order valence-electron chi connectivity index (χ1n) is 8.82. The van der Waals surface area contributed by atoms with Crippen molar-refractivity contribution >= 4 is 17.0 Å². The standard InChI is InChI=1S/C21H19N3O4/c1-12(14-6-8-15(26-3)9-7-14)22-20(25)16-11-17(18-5-4-10-27-18)23-21-19(16)13(2)24-28-21/h4-12H,1-3H3,(H,22,25)/t12-/m1/s1. The van der Waals surface area contributed by atoms with Gasteiger partial charge in [-0.2, -0.15) is 0 Å². The zero-order valence-electron chi connectivity index (χ0n) is 15.7. The van der Waals surface area contributed by atoms with Crippen LogP contribution in [0, 0.1) is 6.92 Å². The van der Waals surface area contributed by atoms with Crippen LogP contribution in [0.15, 0.2) is 57.7 Å². The number of rotatable bonds is 5. The van der Waals surface area contributed by atoms with Gasteiger partial charge in [-0.05, 0) is 49.7 Å². The summed E-state index contributed by atoms with van der Waals surface area (Å²) in [5.41, 5.74) is 2.82. The summed E-state index contributed by atoms with van der Waals surface area (Å²) in [6, 6.07) is 12.6. The summed E-state index contributed by atoms with van der Waals surface area (Å²) in [6.07, 6.45) is 1.55. The van der Waals surface area contributed by atoms with E-state index in [1.807, 2.05) is 31.2 Å². The number of methoxy groups -OCH3 is 1. The van der Waals surface area contributed by atoms with Gasteiger partial charge in [0.1, 0.15) is 11.4 Å². The van der Waals surface area contributed by atoms with Crippen LogP contribution in [-0.2, 0) is 0 Å². The highest BCUT2D eigenvalue weighted by atomic mass is 16.5. The Kier molecular flexibility index (Phi) is 4.57. The lowest BCUT2D eigenvalue weighted by molar-refractivity contribution is 0.0941. The lowest BCUT2D eigenvalue weighted by Crippen LogP contribution is -2.27. The second-order valence-electron chi connectivity index (χ2n) is 6.45. The molecule has 4 rings (SSSR count). The van der Waals surface area contributed by atoms with E-state index in [9.17, 15) is 4.79 Å². The smallest absolute Gasteiger partial charge is 0.259 e. The minimum Gasteiger partial charge on any atom is -0.497 e. The number of nitrogens with zero attached hydrogens (tertiary/aromatic N) is 2. The third-order valence-electron chi connectivity index (χ3n) is 4.60. The van der Waals surface area contributed by atoms with Gasteiger partial charge in [-0.15, -0.1) is 0 Å². The van der Waals surface area contributed by atoms with Gasteiger partial charge >= 0.3 is 0 Å². The molecule has 7 heteroatoms. The zero-order valence-corrected chi connectivity index (χ0v) is 15.7. The van der Waals surface area contributed by atoms with Crippen LogP contribution in [-0.4, -0.2) is 23.2 Å². The number of carbonyl (C=O) groups is 1. The summed E-state index contributed by atoms with van der Waals surface area (Å²) < 4.78 is 15.9. The molecule has 0 unspecified atom stereocenters. The van der Waals surface area contributed by atoms with Crippen LogP contribution in [0.1, 0.15) is 34.6 Å². The number of pyridine rings is 1. The van der Waals surface area contributed by atoms with Crippen LogP contribution in [0.3, 0.4) is 0 Å². The minimum absolute atomic E-state index is 0.200. The number of fused-ring (bicyclic) bond motifs is 1. The van der Waals surface area contributed by atoms with Crippen molar-refractivity contribution in [1.82, 2.24) is 15.5 Å². The molecule has 1 atom stereocenters. The van der Waals surface area contributed by atoms with E-state index in [2.05, 4.69) is 15.5 Å². The van der Waals surface area contributed by atoms with Gasteiger partial charge in [0.05, 0.1) is 36.1 Å². The van der Waals surface area contributed by atoms with Crippen molar-refractivity contribution in [2.75, 3.05) is 7.11 Å². The molecule has 3 aromatic heterocycles. The largest absolute Gasteiger partial charge is 0.497 e. The fourth-order valence-corrected chi connectivity index (χ4v) is 3.07. The van der Waals surface area contributed by atoms with Crippen LogP contribution in [0.4, 0.5) is 0 Å². The Bertz CT molecular complexity index is 1110. The number of ether oxygens (including phenoxy) is 1. The molecule has 0 fully saturated rings. The van der Waals surface area contributed by atoms with Crippen LogP contribution >= 0.6 is 0 Å². The van der Waals surface area contributed by atoms with E-state index in [-0.39, 0.29) is 11.9 Å². The molecule has 0 aliphatic carbocycles. The Morgan fingerprint density at radius 1 is 1.21 bits per heavy atom. The first-order chi connectivity index (χ1) is 13.6. The van der Waals surface area contributed by atoms with E-state index in [0.717, 1.165) is 11.3 Å². The monoisotopic (exact) mass is 377 g/mol. The third kappa shape index (κ3) is 3.22. The second kappa shape index (κ2) is 7.19. The van der Waals surface area contributed by atoms with Crippen molar-refractivity contribution in [3.63, 3.8) is 0 Å². The molecule has 0 bridgehead atoms. The summed E-state index contributed by atoms with van der Waals surface area (Å²) in [4.78, 5) is 17.5. The van der Waals surface area contributed by atoms with Crippen molar-refractivity contribution in [2.24, 2.45) is 0 Å². The molecule has 0 saturated heterocycles. The van der Waals surface area contributed by atoms with Gasteiger partial charge in [0.25, 0.3) is 11.6 Å². The summed E-state index contributed by atoms with van der Waals surface area (Å²) in [5, 5.41) is 7.57. The van der Waals surface area contributed by atoms with Crippen LogP contribution < -0.4 is 10.1 Å². The summed E-state index contributed by atoms with van der Waals surface area (Å²) in [5.74, 6) is 1.07. The SMILES string of the molecule is COc1ccc([C@@H](C)NC(=O)c2cc(-c3ccco3)nc3onc(C)c23)cc1. The predicted octanol–water partition coefficient (Wildman–Crippen LogP) is 4.29. The van der Waals surface area contributed by atoms with Gasteiger partial charge in [0.2, 0.25) is 0 Å². The van der Waals surface area contributed by atoms with E-state index in [0.29, 0.717) is 33.8 Å². The van der Waals surface area contributed by atoms with Gasteiger partial charge in [0.15, 0.2) is 5.76 Å². The fourth-order valence-electron chi connectivity index (χ4n) is 3.07. The number of aryl methyl sites for hydroxylation is 1. The number of nitrogens with one attached hydrogen (secondary N) is 1. The Morgan fingerprint density at radius 3 is 2.68 bits per heavy atom. The Morgan fingerprint density at radius 2 is 2.00 bits per heavy atom. The molecule has 7 nitrogen and oxygen atoms in total. The van der Waals surface area contributed by atoms with E-state index >= 15 is 0 Å². The molecule has 3 heterocycles. The van der Waals surface area contributed by atoms with E-state index in [4.69, 9.17) is 13.7 Å². The van der Waals surface area contributed by atoms with E-state index in [1.165, 1.54) is 0 Å². The van der Waals surface area contributed by atoms with Crippen molar-refractivity contribution < 1.29 is 18.5 Å². The van der Waals surface area contributed by atoms with Gasteiger partial charge in [-0.3, -0.25) is 4.79 Å². The van der Waals surface area contributed by atoms with Gasteiger partial charge < -0.3 is 19.0 Å². The molecule has 0 radical (unpaired) electrons. The van der Waals surface area contributed by atoms with Gasteiger partial charge in [-0.1, -0.05) is 17.3 Å². The number of aromatic nitrogens is 2. The normalized spacial score (nSPS) is 12.1. The van der Waals surface area contributed by atoms with Crippen LogP contribution in [0.5, 0.6) is 5.75 Å². The zero-order chi connectivity index (χ0) is 19.7. The Labute approximate surface area is 161 Å². The topological polar surface area (TPSA) is 90.4 Å². The molecule has 28 heavy (non-hydrogen) atoms. The average molecular weight is 377 g/mol. The van der Waals surface area contributed by atoms with E-state index in [1.54, 1.807) is 38.5 Å². The lowest BCUT2D eigenvalue weighted by atomic mass is 10.1. The lowest BCUT2D eigenvalue weighted by Gasteiger charge is -2.15. The average Bonchev–Trinajstić information content (AvgIpc) is 3.37. The number of carbonyl (C=O) groups excluding carboxylic acids is 1. The summed E-state index contributed by atoms with van der Waals surface area (Å²) in [6.45, 7) is 3.70. The number of hydrogen-bond acceptors (Lipinski definition) is 6. The first-order valence-corrected chi connectivity index (χ1v) is 8.82. The van der Waals surface area contributed by atoms with Crippen LogP contribution in [0.2, 0.25) is 0 Å². The molecule has 0 saturated carbocycles. The highest BCUT2D eigenvalue weighted by molar-refractivity contribution is 6.07. The third-order valence-corrected chi connectivity index (χ3v) is 4.60. The number of amides is 1. The maximum Gasteiger partial charge on any atom is 0.259 e. The molecule has 1 aromatic carbocycles. The molecule has 0 aliphatic heterocycles. The number of furan rings is 1. The molecular weight excluding hydrogens is 358 g/mol. The molecule has 142 valence electrons. The molecule has 0 spiro atoms. The first kappa shape index (κ1) is 17.8. The van der Waals surface area contributed by atoms with Gasteiger partial charge in [-0.25, -0.2) is 4.98 Å². The minimum atomic E-state index is -0.241. The summed E-state index contributed by atoms with van der Waals surface area (Å²) >= 11 is 0. The molecule has 4 aromatic rings. The van der Waals surface area contributed by atoms with E-state index < -0.39 is 0 Å². The highest BCUT2D eigenvalue weighted by Crippen LogP contribution is 2.28.